The first kappa shape index (κ1) is 15.7. The van der Waals surface area contributed by atoms with E-state index in [2.05, 4.69) is 22.1 Å². The van der Waals surface area contributed by atoms with Crippen LogP contribution in [0.5, 0.6) is 0 Å². The second kappa shape index (κ2) is 7.38. The molecule has 0 spiro atoms. The number of anilines is 1. The second-order valence-corrected chi connectivity index (χ2v) is 6.68. The van der Waals surface area contributed by atoms with Gasteiger partial charge in [0, 0.05) is 37.6 Å². The van der Waals surface area contributed by atoms with Gasteiger partial charge in [0.15, 0.2) is 0 Å². The van der Waals surface area contributed by atoms with Gasteiger partial charge in [-0.2, -0.15) is 0 Å². The number of nitrogens with zero attached hydrogens (tertiary/aromatic N) is 3. The van der Waals surface area contributed by atoms with Crippen molar-refractivity contribution >= 4 is 5.95 Å². The Morgan fingerprint density at radius 2 is 2.09 bits per heavy atom. The third-order valence-corrected chi connectivity index (χ3v) is 4.96. The van der Waals surface area contributed by atoms with E-state index >= 15 is 0 Å². The predicted molar refractivity (Wildman–Crippen MR) is 88.2 cm³/mol. The summed E-state index contributed by atoms with van der Waals surface area (Å²) in [7, 11) is 0. The summed E-state index contributed by atoms with van der Waals surface area (Å²) in [5.41, 5.74) is 3.77. The Hall–Kier alpha value is -1.20. The quantitative estimate of drug-likeness (QED) is 0.868. The molecule has 1 aromatic rings. The summed E-state index contributed by atoms with van der Waals surface area (Å²) in [5.74, 6) is 1.24. The molecule has 0 radical (unpaired) electrons. The summed E-state index contributed by atoms with van der Waals surface area (Å²) in [6.07, 6.45) is 7.10. The van der Waals surface area contributed by atoms with Gasteiger partial charge in [-0.25, -0.2) is 9.97 Å². The Labute approximate surface area is 133 Å². The molecular weight excluding hydrogens is 276 g/mol. The molecule has 2 heterocycles. The van der Waals surface area contributed by atoms with Crippen LogP contribution in [0.2, 0.25) is 0 Å². The van der Waals surface area contributed by atoms with E-state index in [1.807, 2.05) is 0 Å². The molecule has 0 aromatic carbocycles. The molecule has 1 aromatic heterocycles. The van der Waals surface area contributed by atoms with E-state index in [9.17, 15) is 5.11 Å². The lowest BCUT2D eigenvalue weighted by molar-refractivity contribution is 0.123. The van der Waals surface area contributed by atoms with Crippen molar-refractivity contribution in [3.05, 3.63) is 17.0 Å². The Morgan fingerprint density at radius 1 is 1.23 bits per heavy atom. The fourth-order valence-electron chi connectivity index (χ4n) is 3.69. The maximum atomic E-state index is 9.29. The van der Waals surface area contributed by atoms with E-state index in [-0.39, 0.29) is 0 Å². The molecule has 0 saturated carbocycles. The Morgan fingerprint density at radius 3 is 2.95 bits per heavy atom. The van der Waals surface area contributed by atoms with Crippen molar-refractivity contribution < 1.29 is 5.11 Å². The third-order valence-electron chi connectivity index (χ3n) is 4.96. The van der Waals surface area contributed by atoms with Crippen molar-refractivity contribution in [3.63, 3.8) is 0 Å². The highest BCUT2D eigenvalue weighted by molar-refractivity contribution is 5.35. The Kier molecular flexibility index (Phi) is 5.26. The third kappa shape index (κ3) is 3.76. The molecule has 2 aliphatic rings. The van der Waals surface area contributed by atoms with Crippen LogP contribution < -0.4 is 5.32 Å². The lowest BCUT2D eigenvalue weighted by Crippen LogP contribution is -2.39. The number of aliphatic hydroxyl groups excluding tert-OH is 1. The summed E-state index contributed by atoms with van der Waals surface area (Å²) in [4.78, 5) is 11.8. The van der Waals surface area contributed by atoms with Crippen LogP contribution in [0.25, 0.3) is 0 Å². The van der Waals surface area contributed by atoms with Crippen LogP contribution in [0.3, 0.4) is 0 Å². The highest BCUT2D eigenvalue weighted by Crippen LogP contribution is 2.22. The highest BCUT2D eigenvalue weighted by atomic mass is 16.3. The molecule has 1 fully saturated rings. The molecular formula is C17H28N4O. The number of likely N-dealkylation sites (tertiary alicyclic amines) is 1. The maximum Gasteiger partial charge on any atom is 0.223 e. The van der Waals surface area contributed by atoms with E-state index < -0.39 is 0 Å². The fraction of sp³-hybridized carbons (Fsp3) is 0.765. The zero-order chi connectivity index (χ0) is 15.4. The molecule has 122 valence electrons. The van der Waals surface area contributed by atoms with Crippen LogP contribution in [0, 0.1) is 12.8 Å². The maximum absolute atomic E-state index is 9.29. The van der Waals surface area contributed by atoms with Crippen LogP contribution in [0.1, 0.15) is 42.6 Å². The van der Waals surface area contributed by atoms with Crippen molar-refractivity contribution in [1.82, 2.24) is 14.9 Å². The first-order chi connectivity index (χ1) is 10.8. The van der Waals surface area contributed by atoms with Gasteiger partial charge in [0.05, 0.1) is 0 Å². The molecule has 5 nitrogen and oxygen atoms in total. The summed E-state index contributed by atoms with van der Waals surface area (Å²) >= 11 is 0. The summed E-state index contributed by atoms with van der Waals surface area (Å²) < 4.78 is 0. The van der Waals surface area contributed by atoms with Crippen LogP contribution >= 0.6 is 0 Å². The van der Waals surface area contributed by atoms with Gasteiger partial charge in [-0.1, -0.05) is 0 Å². The zero-order valence-corrected chi connectivity index (χ0v) is 13.6. The fourth-order valence-corrected chi connectivity index (χ4v) is 3.69. The molecule has 1 aliphatic carbocycles. The van der Waals surface area contributed by atoms with Gasteiger partial charge in [-0.15, -0.1) is 0 Å². The molecule has 3 rings (SSSR count). The average Bonchev–Trinajstić information content (AvgIpc) is 2.55. The molecule has 2 N–H and O–H groups in total. The van der Waals surface area contributed by atoms with Gasteiger partial charge in [-0.3, -0.25) is 0 Å². The van der Waals surface area contributed by atoms with Crippen molar-refractivity contribution in [2.75, 3.05) is 38.1 Å². The van der Waals surface area contributed by atoms with Crippen molar-refractivity contribution in [2.45, 2.75) is 45.4 Å². The molecule has 22 heavy (non-hydrogen) atoms. The molecule has 5 heteroatoms. The van der Waals surface area contributed by atoms with Crippen molar-refractivity contribution in [2.24, 2.45) is 5.92 Å². The van der Waals surface area contributed by atoms with Crippen LogP contribution in [0.15, 0.2) is 0 Å². The number of rotatable bonds is 5. The monoisotopic (exact) mass is 304 g/mol. The van der Waals surface area contributed by atoms with Crippen LogP contribution in [0.4, 0.5) is 5.95 Å². The van der Waals surface area contributed by atoms with Gasteiger partial charge in [-0.05, 0) is 63.5 Å². The minimum absolute atomic E-state index is 0.317. The van der Waals surface area contributed by atoms with E-state index in [0.717, 1.165) is 57.1 Å². The number of hydrogen-bond acceptors (Lipinski definition) is 5. The summed E-state index contributed by atoms with van der Waals surface area (Å²) in [6, 6.07) is 0. The lowest BCUT2D eigenvalue weighted by Gasteiger charge is -2.31. The predicted octanol–water partition coefficient (Wildman–Crippen LogP) is 1.78. The topological polar surface area (TPSA) is 61.3 Å². The smallest absolute Gasteiger partial charge is 0.223 e. The Bertz CT molecular complexity index is 506. The van der Waals surface area contributed by atoms with Gasteiger partial charge in [0.2, 0.25) is 5.95 Å². The average molecular weight is 304 g/mol. The van der Waals surface area contributed by atoms with Crippen molar-refractivity contribution in [1.29, 1.82) is 0 Å². The van der Waals surface area contributed by atoms with E-state index in [4.69, 9.17) is 4.98 Å². The standard InChI is InChI=1S/C17H28N4O/c1-13-15-6-2-3-7-16(15)20-17(19-13)18-8-10-21-9-4-5-14(11-21)12-22/h14,22H,2-12H2,1H3,(H,18,19,20)/t14-/m1/s1. The van der Waals surface area contributed by atoms with E-state index in [0.29, 0.717) is 12.5 Å². The number of aryl methyl sites for hydroxylation is 2. The van der Waals surface area contributed by atoms with Gasteiger partial charge >= 0.3 is 0 Å². The van der Waals surface area contributed by atoms with Crippen LogP contribution in [-0.2, 0) is 12.8 Å². The number of piperidine rings is 1. The van der Waals surface area contributed by atoms with E-state index in [1.165, 1.54) is 30.5 Å². The number of fused-ring (bicyclic) bond motifs is 1. The molecule has 1 saturated heterocycles. The minimum atomic E-state index is 0.317. The first-order valence-corrected chi connectivity index (χ1v) is 8.69. The Balaban J connectivity index is 1.52. The summed E-state index contributed by atoms with van der Waals surface area (Å²) in [5, 5.41) is 12.7. The first-order valence-electron chi connectivity index (χ1n) is 8.69. The second-order valence-electron chi connectivity index (χ2n) is 6.68. The molecule has 0 bridgehead atoms. The summed E-state index contributed by atoms with van der Waals surface area (Å²) in [6.45, 7) is 6.45. The lowest BCUT2D eigenvalue weighted by atomic mass is 9.95. The minimum Gasteiger partial charge on any atom is -0.396 e. The number of hydrogen-bond donors (Lipinski definition) is 2. The van der Waals surface area contributed by atoms with Gasteiger partial charge < -0.3 is 15.3 Å². The van der Waals surface area contributed by atoms with E-state index in [1.54, 1.807) is 0 Å². The highest BCUT2D eigenvalue weighted by Gasteiger charge is 2.19. The largest absolute Gasteiger partial charge is 0.396 e. The van der Waals surface area contributed by atoms with Gasteiger partial charge in [0.1, 0.15) is 0 Å². The van der Waals surface area contributed by atoms with Crippen LogP contribution in [-0.4, -0.2) is 52.8 Å². The number of aliphatic hydroxyl groups is 1. The normalized spacial score (nSPS) is 22.4. The number of aromatic nitrogens is 2. The van der Waals surface area contributed by atoms with Crippen molar-refractivity contribution in [3.8, 4) is 0 Å². The number of nitrogens with one attached hydrogen (secondary N) is 1. The zero-order valence-electron chi connectivity index (χ0n) is 13.6. The molecule has 1 atom stereocenters. The molecule has 0 amide bonds. The van der Waals surface area contributed by atoms with Gasteiger partial charge in [0.25, 0.3) is 0 Å². The SMILES string of the molecule is Cc1nc(NCCN2CCC[C@@H](CO)C2)nc2c1CCCC2. The molecule has 1 aliphatic heterocycles. The molecule has 0 unspecified atom stereocenters.